The van der Waals surface area contributed by atoms with Gasteiger partial charge in [-0.1, -0.05) is 12.1 Å². The first-order chi connectivity index (χ1) is 15.2. The summed E-state index contributed by atoms with van der Waals surface area (Å²) in [4.78, 5) is 19.9. The highest BCUT2D eigenvalue weighted by Gasteiger charge is 2.27. The highest BCUT2D eigenvalue weighted by Crippen LogP contribution is 2.27. The van der Waals surface area contributed by atoms with Crippen LogP contribution in [0.3, 0.4) is 0 Å². The van der Waals surface area contributed by atoms with Crippen LogP contribution in [0.4, 0.5) is 28.0 Å². The van der Waals surface area contributed by atoms with Gasteiger partial charge in [0.05, 0.1) is 11.9 Å². The summed E-state index contributed by atoms with van der Waals surface area (Å²) in [6.45, 7) is 0.222. The Hall–Kier alpha value is -3.95. The van der Waals surface area contributed by atoms with Crippen molar-refractivity contribution in [2.24, 2.45) is 0 Å². The first kappa shape index (κ1) is 21.3. The Morgan fingerprint density at radius 1 is 1.03 bits per heavy atom. The van der Waals surface area contributed by atoms with Gasteiger partial charge in [0.15, 0.2) is 0 Å². The largest absolute Gasteiger partial charge is 0.405 e. The third kappa shape index (κ3) is 4.69. The zero-order chi connectivity index (χ0) is 22.9. The van der Waals surface area contributed by atoms with E-state index in [-0.39, 0.29) is 0 Å². The SMILES string of the molecule is Cc1cc(-c2ccn3c(-c4cccc(NC(=O)NCC(F)(F)F)c4)cnc3c2)cnc1F. The van der Waals surface area contributed by atoms with Gasteiger partial charge in [0.25, 0.3) is 0 Å². The van der Waals surface area contributed by atoms with Crippen LogP contribution in [0.25, 0.3) is 28.0 Å². The van der Waals surface area contributed by atoms with Crippen LogP contribution in [0.5, 0.6) is 0 Å². The number of aryl methyl sites for hydroxylation is 1. The molecule has 0 bridgehead atoms. The Labute approximate surface area is 179 Å². The Balaban J connectivity index is 1.58. The summed E-state index contributed by atoms with van der Waals surface area (Å²) in [6.07, 6.45) is 0.423. The van der Waals surface area contributed by atoms with E-state index in [2.05, 4.69) is 15.3 Å². The molecule has 0 atom stereocenters. The molecule has 6 nitrogen and oxygen atoms in total. The smallest absolute Gasteiger partial charge is 0.329 e. The monoisotopic (exact) mass is 443 g/mol. The van der Waals surface area contributed by atoms with Crippen LogP contribution < -0.4 is 10.6 Å². The number of carbonyl (C=O) groups is 1. The van der Waals surface area contributed by atoms with Crippen LogP contribution in [-0.4, -0.2) is 33.1 Å². The zero-order valence-corrected chi connectivity index (χ0v) is 16.7. The van der Waals surface area contributed by atoms with Gasteiger partial charge in [-0.2, -0.15) is 17.6 Å². The van der Waals surface area contributed by atoms with Gasteiger partial charge in [0.1, 0.15) is 12.2 Å². The van der Waals surface area contributed by atoms with Gasteiger partial charge in [0, 0.05) is 34.8 Å². The van der Waals surface area contributed by atoms with Gasteiger partial charge in [-0.15, -0.1) is 0 Å². The minimum atomic E-state index is -4.49. The van der Waals surface area contributed by atoms with Crippen molar-refractivity contribution < 1.29 is 22.4 Å². The number of amides is 2. The number of rotatable bonds is 4. The van der Waals surface area contributed by atoms with E-state index < -0.39 is 24.7 Å². The lowest BCUT2D eigenvalue weighted by atomic mass is 10.1. The molecule has 2 amide bonds. The molecule has 0 spiro atoms. The standard InChI is InChI=1S/C22H17F4N5O/c1-13-7-16(10-28-20(13)23)14-5-6-31-18(11-27-19(31)9-14)15-3-2-4-17(8-15)30-21(32)29-12-22(24,25)26/h2-11H,12H2,1H3,(H2,29,30,32). The summed E-state index contributed by atoms with van der Waals surface area (Å²) in [7, 11) is 0. The van der Waals surface area contributed by atoms with Gasteiger partial charge in [0.2, 0.25) is 5.95 Å². The van der Waals surface area contributed by atoms with Gasteiger partial charge in [-0.05, 0) is 42.8 Å². The van der Waals surface area contributed by atoms with Crippen molar-refractivity contribution in [3.8, 4) is 22.4 Å². The maximum Gasteiger partial charge on any atom is 0.405 e. The molecule has 10 heteroatoms. The lowest BCUT2D eigenvalue weighted by Crippen LogP contribution is -2.36. The minimum Gasteiger partial charge on any atom is -0.329 e. The number of pyridine rings is 2. The second kappa shape index (κ2) is 8.29. The lowest BCUT2D eigenvalue weighted by molar-refractivity contribution is -0.122. The molecule has 1 aromatic carbocycles. The number of aromatic nitrogens is 3. The fourth-order valence-corrected chi connectivity index (χ4v) is 3.20. The highest BCUT2D eigenvalue weighted by atomic mass is 19.4. The fourth-order valence-electron chi connectivity index (χ4n) is 3.20. The van der Waals surface area contributed by atoms with E-state index in [9.17, 15) is 22.4 Å². The number of carbonyl (C=O) groups excluding carboxylic acids is 1. The highest BCUT2D eigenvalue weighted by molar-refractivity contribution is 5.90. The van der Waals surface area contributed by atoms with Crippen LogP contribution >= 0.6 is 0 Å². The van der Waals surface area contributed by atoms with Crippen molar-refractivity contribution >= 4 is 17.4 Å². The van der Waals surface area contributed by atoms with Crippen molar-refractivity contribution in [3.63, 3.8) is 0 Å². The first-order valence-electron chi connectivity index (χ1n) is 9.51. The summed E-state index contributed by atoms with van der Waals surface area (Å²) in [5, 5.41) is 4.15. The number of benzene rings is 1. The molecular weight excluding hydrogens is 426 g/mol. The van der Waals surface area contributed by atoms with E-state index in [4.69, 9.17) is 0 Å². The predicted molar refractivity (Wildman–Crippen MR) is 112 cm³/mol. The second-order valence-corrected chi connectivity index (χ2v) is 7.12. The zero-order valence-electron chi connectivity index (χ0n) is 16.7. The molecule has 164 valence electrons. The summed E-state index contributed by atoms with van der Waals surface area (Å²) in [5.74, 6) is -0.515. The Kier molecular flexibility index (Phi) is 5.52. The molecule has 0 saturated carbocycles. The van der Waals surface area contributed by atoms with Crippen molar-refractivity contribution in [3.05, 3.63) is 72.6 Å². The Morgan fingerprint density at radius 2 is 1.84 bits per heavy atom. The summed E-state index contributed by atoms with van der Waals surface area (Å²) in [6, 6.07) is 11.1. The minimum absolute atomic E-state index is 0.335. The number of alkyl halides is 3. The molecule has 0 aliphatic heterocycles. The van der Waals surface area contributed by atoms with E-state index >= 15 is 0 Å². The average molecular weight is 443 g/mol. The van der Waals surface area contributed by atoms with Crippen molar-refractivity contribution in [1.29, 1.82) is 0 Å². The lowest BCUT2D eigenvalue weighted by Gasteiger charge is -2.11. The van der Waals surface area contributed by atoms with Crippen molar-refractivity contribution in [1.82, 2.24) is 19.7 Å². The van der Waals surface area contributed by atoms with E-state index in [0.29, 0.717) is 22.5 Å². The summed E-state index contributed by atoms with van der Waals surface area (Å²) in [5.41, 5.74) is 4.42. The molecular formula is C22H17F4N5O. The van der Waals surface area contributed by atoms with Gasteiger partial charge in [-0.25, -0.2) is 14.8 Å². The van der Waals surface area contributed by atoms with Crippen LogP contribution in [0.1, 0.15) is 5.56 Å². The molecule has 2 N–H and O–H groups in total. The van der Waals surface area contributed by atoms with E-state index in [1.54, 1.807) is 48.8 Å². The molecule has 0 radical (unpaired) electrons. The topological polar surface area (TPSA) is 71.3 Å². The molecule has 0 unspecified atom stereocenters. The fraction of sp³-hybridized carbons (Fsp3) is 0.136. The predicted octanol–water partition coefficient (Wildman–Crippen LogP) is 5.19. The van der Waals surface area contributed by atoms with Crippen molar-refractivity contribution in [2.45, 2.75) is 13.1 Å². The molecule has 3 heterocycles. The number of anilines is 1. The number of urea groups is 1. The van der Waals surface area contributed by atoms with Crippen LogP contribution in [0.2, 0.25) is 0 Å². The third-order valence-corrected chi connectivity index (χ3v) is 4.73. The number of halogens is 4. The number of hydrogen-bond acceptors (Lipinski definition) is 3. The van der Waals surface area contributed by atoms with Crippen LogP contribution in [0, 0.1) is 12.9 Å². The third-order valence-electron chi connectivity index (χ3n) is 4.73. The molecule has 3 aromatic heterocycles. The molecule has 0 fully saturated rings. The average Bonchev–Trinajstić information content (AvgIpc) is 3.17. The second-order valence-electron chi connectivity index (χ2n) is 7.12. The molecule has 32 heavy (non-hydrogen) atoms. The summed E-state index contributed by atoms with van der Waals surface area (Å²) >= 11 is 0. The van der Waals surface area contributed by atoms with Crippen LogP contribution in [-0.2, 0) is 0 Å². The number of nitrogens with one attached hydrogen (secondary N) is 2. The Bertz CT molecular complexity index is 1300. The summed E-state index contributed by atoms with van der Waals surface area (Å²) < 4.78 is 52.1. The van der Waals surface area contributed by atoms with Crippen LogP contribution in [0.15, 0.2) is 61.1 Å². The number of fused-ring (bicyclic) bond motifs is 1. The van der Waals surface area contributed by atoms with Crippen molar-refractivity contribution in [2.75, 3.05) is 11.9 Å². The van der Waals surface area contributed by atoms with Gasteiger partial charge < -0.3 is 10.6 Å². The molecule has 0 saturated heterocycles. The van der Waals surface area contributed by atoms with Gasteiger partial charge >= 0.3 is 12.2 Å². The number of imidazole rings is 1. The Morgan fingerprint density at radius 3 is 2.59 bits per heavy atom. The molecule has 4 aromatic rings. The maximum absolute atomic E-state index is 13.5. The molecule has 0 aliphatic rings. The van der Waals surface area contributed by atoms with Gasteiger partial charge in [-0.3, -0.25) is 4.40 Å². The van der Waals surface area contributed by atoms with E-state index in [0.717, 1.165) is 16.8 Å². The van der Waals surface area contributed by atoms with E-state index in [1.807, 2.05) is 22.7 Å². The first-order valence-corrected chi connectivity index (χ1v) is 9.51. The number of hydrogen-bond donors (Lipinski definition) is 2. The number of nitrogens with zero attached hydrogens (tertiary/aromatic N) is 3. The maximum atomic E-state index is 13.5. The normalized spacial score (nSPS) is 11.5. The molecule has 0 aliphatic carbocycles. The van der Waals surface area contributed by atoms with E-state index in [1.165, 1.54) is 6.20 Å². The molecule has 4 rings (SSSR count). The quantitative estimate of drug-likeness (QED) is 0.337.